The number of carboxylic acid groups (broad SMARTS) is 1. The summed E-state index contributed by atoms with van der Waals surface area (Å²) in [5, 5.41) is 21.5. The first kappa shape index (κ1) is 14.3. The van der Waals surface area contributed by atoms with Crippen LogP contribution in [0.25, 0.3) is 0 Å². The Hall–Kier alpha value is -2.11. The average molecular weight is 278 g/mol. The van der Waals surface area contributed by atoms with Gasteiger partial charge in [-0.05, 0) is 24.8 Å². The summed E-state index contributed by atoms with van der Waals surface area (Å²) < 4.78 is 0. The number of carbonyl (C=O) groups excluding carboxylic acids is 1. The second-order valence-corrected chi connectivity index (χ2v) is 5.31. The van der Waals surface area contributed by atoms with Gasteiger partial charge in [-0.1, -0.05) is 19.8 Å². The molecule has 3 N–H and O–H groups in total. The van der Waals surface area contributed by atoms with E-state index in [1.54, 1.807) is 0 Å². The Balaban J connectivity index is 2.24. The zero-order valence-corrected chi connectivity index (χ0v) is 11.3. The Labute approximate surface area is 116 Å². The molecule has 1 heterocycles. The number of pyridine rings is 1. The van der Waals surface area contributed by atoms with Crippen LogP contribution in [0, 0.1) is 5.92 Å². The summed E-state index contributed by atoms with van der Waals surface area (Å²) >= 11 is 0. The van der Waals surface area contributed by atoms with E-state index in [-0.39, 0.29) is 17.2 Å². The number of nitrogens with zero attached hydrogens (tertiary/aromatic N) is 1. The lowest BCUT2D eigenvalue weighted by atomic mass is 9.73. The Morgan fingerprint density at radius 1 is 1.40 bits per heavy atom. The van der Waals surface area contributed by atoms with E-state index in [2.05, 4.69) is 10.3 Å². The summed E-state index contributed by atoms with van der Waals surface area (Å²) in [5.74, 6) is -1.79. The minimum Gasteiger partial charge on any atom is -0.506 e. The van der Waals surface area contributed by atoms with E-state index in [9.17, 15) is 19.8 Å². The third-order valence-electron chi connectivity index (χ3n) is 4.00. The molecule has 108 valence electrons. The number of aromatic hydroxyl groups is 1. The molecule has 0 aromatic carbocycles. The van der Waals surface area contributed by atoms with Gasteiger partial charge in [-0.3, -0.25) is 9.78 Å². The fourth-order valence-corrected chi connectivity index (χ4v) is 2.73. The lowest BCUT2D eigenvalue weighted by Crippen LogP contribution is -2.60. The van der Waals surface area contributed by atoms with Gasteiger partial charge in [0, 0.05) is 6.20 Å². The second kappa shape index (κ2) is 5.48. The van der Waals surface area contributed by atoms with Gasteiger partial charge in [0.2, 0.25) is 0 Å². The van der Waals surface area contributed by atoms with Crippen LogP contribution in [0.3, 0.4) is 0 Å². The van der Waals surface area contributed by atoms with Crippen molar-refractivity contribution in [1.29, 1.82) is 0 Å². The molecule has 0 spiro atoms. The molecule has 1 aliphatic rings. The number of rotatable bonds is 3. The molecule has 2 atom stereocenters. The quantitative estimate of drug-likeness (QED) is 0.779. The van der Waals surface area contributed by atoms with Crippen molar-refractivity contribution < 1.29 is 19.8 Å². The smallest absolute Gasteiger partial charge is 0.329 e. The SMILES string of the molecule is CC1CCCCC1(NC(=O)c1cncc(O)c1)C(=O)O. The van der Waals surface area contributed by atoms with E-state index in [1.807, 2.05) is 6.92 Å². The third kappa shape index (κ3) is 2.59. The molecular formula is C14H18N2O4. The van der Waals surface area contributed by atoms with Crippen LogP contribution < -0.4 is 5.32 Å². The minimum absolute atomic E-state index is 0.126. The highest BCUT2D eigenvalue weighted by Crippen LogP contribution is 2.34. The van der Waals surface area contributed by atoms with Crippen molar-refractivity contribution in [2.45, 2.75) is 38.1 Å². The van der Waals surface area contributed by atoms with E-state index < -0.39 is 17.4 Å². The molecule has 6 nitrogen and oxygen atoms in total. The van der Waals surface area contributed by atoms with Crippen molar-refractivity contribution in [3.8, 4) is 5.75 Å². The van der Waals surface area contributed by atoms with Crippen LogP contribution in [0.15, 0.2) is 18.5 Å². The Kier molecular flexibility index (Phi) is 3.92. The largest absolute Gasteiger partial charge is 0.506 e. The van der Waals surface area contributed by atoms with Crippen molar-refractivity contribution >= 4 is 11.9 Å². The van der Waals surface area contributed by atoms with Crippen LogP contribution in [0.4, 0.5) is 0 Å². The normalized spacial score (nSPS) is 25.9. The predicted molar refractivity (Wildman–Crippen MR) is 71.4 cm³/mol. The minimum atomic E-state index is -1.24. The summed E-state index contributed by atoms with van der Waals surface area (Å²) in [6, 6.07) is 1.27. The molecule has 20 heavy (non-hydrogen) atoms. The molecule has 6 heteroatoms. The van der Waals surface area contributed by atoms with Crippen LogP contribution in [0.5, 0.6) is 5.75 Å². The van der Waals surface area contributed by atoms with Crippen LogP contribution in [0.1, 0.15) is 43.0 Å². The van der Waals surface area contributed by atoms with E-state index >= 15 is 0 Å². The average Bonchev–Trinajstić information content (AvgIpc) is 2.41. The molecule has 1 aromatic rings. The van der Waals surface area contributed by atoms with Crippen LogP contribution in [-0.4, -0.2) is 32.6 Å². The highest BCUT2D eigenvalue weighted by Gasteiger charge is 2.46. The zero-order chi connectivity index (χ0) is 14.8. The number of carboxylic acids is 1. The van der Waals surface area contributed by atoms with E-state index in [1.165, 1.54) is 18.5 Å². The van der Waals surface area contributed by atoms with Crippen molar-refractivity contribution in [2.24, 2.45) is 5.92 Å². The third-order valence-corrected chi connectivity index (χ3v) is 4.00. The predicted octanol–water partition coefficient (Wildman–Crippen LogP) is 1.55. The molecule has 1 amide bonds. The number of hydrogen-bond acceptors (Lipinski definition) is 4. The van der Waals surface area contributed by atoms with Crippen LogP contribution in [0.2, 0.25) is 0 Å². The van der Waals surface area contributed by atoms with Crippen molar-refractivity contribution in [1.82, 2.24) is 10.3 Å². The summed E-state index contributed by atoms with van der Waals surface area (Å²) in [4.78, 5) is 27.6. The summed E-state index contributed by atoms with van der Waals surface area (Å²) in [5.41, 5.74) is -1.08. The molecule has 2 rings (SSSR count). The topological polar surface area (TPSA) is 99.5 Å². The van der Waals surface area contributed by atoms with E-state index in [0.717, 1.165) is 19.3 Å². The molecule has 0 bridgehead atoms. The second-order valence-electron chi connectivity index (χ2n) is 5.31. The Morgan fingerprint density at radius 3 is 2.75 bits per heavy atom. The maximum Gasteiger partial charge on any atom is 0.329 e. The molecule has 1 fully saturated rings. The molecule has 0 saturated heterocycles. The van der Waals surface area contributed by atoms with Crippen LogP contribution >= 0.6 is 0 Å². The lowest BCUT2D eigenvalue weighted by molar-refractivity contribution is -0.148. The number of aromatic nitrogens is 1. The standard InChI is InChI=1S/C14H18N2O4/c1-9-4-2-3-5-14(9,13(19)20)16-12(18)10-6-11(17)8-15-7-10/h6-9,17H,2-5H2,1H3,(H,16,18)(H,19,20). The molecule has 1 aromatic heterocycles. The summed E-state index contributed by atoms with van der Waals surface area (Å²) in [7, 11) is 0. The van der Waals surface area contributed by atoms with Gasteiger partial charge in [0.05, 0.1) is 11.8 Å². The van der Waals surface area contributed by atoms with Gasteiger partial charge < -0.3 is 15.5 Å². The number of amides is 1. The monoisotopic (exact) mass is 278 g/mol. The maximum atomic E-state index is 12.2. The molecule has 0 aliphatic heterocycles. The molecule has 1 aliphatic carbocycles. The zero-order valence-electron chi connectivity index (χ0n) is 11.3. The van der Waals surface area contributed by atoms with E-state index in [0.29, 0.717) is 6.42 Å². The van der Waals surface area contributed by atoms with Gasteiger partial charge in [-0.2, -0.15) is 0 Å². The fraction of sp³-hybridized carbons (Fsp3) is 0.500. The lowest BCUT2D eigenvalue weighted by Gasteiger charge is -2.39. The Morgan fingerprint density at radius 2 is 2.15 bits per heavy atom. The van der Waals surface area contributed by atoms with Crippen molar-refractivity contribution in [3.05, 3.63) is 24.0 Å². The van der Waals surface area contributed by atoms with Gasteiger partial charge in [0.1, 0.15) is 11.3 Å². The molecule has 0 radical (unpaired) electrons. The van der Waals surface area contributed by atoms with Gasteiger partial charge in [0.25, 0.3) is 5.91 Å². The molecule has 2 unspecified atom stereocenters. The number of hydrogen-bond donors (Lipinski definition) is 3. The molecule has 1 saturated carbocycles. The first-order valence-corrected chi connectivity index (χ1v) is 6.65. The molecular weight excluding hydrogens is 260 g/mol. The number of nitrogens with one attached hydrogen (secondary N) is 1. The van der Waals surface area contributed by atoms with Crippen molar-refractivity contribution in [2.75, 3.05) is 0 Å². The van der Waals surface area contributed by atoms with E-state index in [4.69, 9.17) is 0 Å². The van der Waals surface area contributed by atoms with Crippen molar-refractivity contribution in [3.63, 3.8) is 0 Å². The first-order chi connectivity index (χ1) is 9.45. The van der Waals surface area contributed by atoms with Gasteiger partial charge in [0.15, 0.2) is 0 Å². The highest BCUT2D eigenvalue weighted by atomic mass is 16.4. The number of carbonyl (C=O) groups is 2. The maximum absolute atomic E-state index is 12.2. The van der Waals surface area contributed by atoms with Gasteiger partial charge >= 0.3 is 5.97 Å². The first-order valence-electron chi connectivity index (χ1n) is 6.65. The number of aliphatic carboxylic acids is 1. The van der Waals surface area contributed by atoms with Gasteiger partial charge in [-0.25, -0.2) is 4.79 Å². The highest BCUT2D eigenvalue weighted by molar-refractivity contribution is 5.98. The summed E-state index contributed by atoms with van der Waals surface area (Å²) in [6.45, 7) is 1.84. The van der Waals surface area contributed by atoms with Gasteiger partial charge in [-0.15, -0.1) is 0 Å². The fourth-order valence-electron chi connectivity index (χ4n) is 2.73. The summed E-state index contributed by atoms with van der Waals surface area (Å²) in [6.07, 6.45) is 5.45. The Bertz CT molecular complexity index is 532. The van der Waals surface area contributed by atoms with Crippen LogP contribution in [-0.2, 0) is 4.79 Å².